The van der Waals surface area contributed by atoms with Crippen LogP contribution in [0, 0.1) is 0 Å². The summed E-state index contributed by atoms with van der Waals surface area (Å²) in [6.07, 6.45) is 0. The minimum Gasteiger partial charge on any atom is -0.508 e. The van der Waals surface area contributed by atoms with Gasteiger partial charge in [-0.2, -0.15) is 4.31 Å². The van der Waals surface area contributed by atoms with Crippen molar-refractivity contribution in [2.75, 3.05) is 13.1 Å². The Bertz CT molecular complexity index is 985. The van der Waals surface area contributed by atoms with Gasteiger partial charge in [0.05, 0.1) is 10.6 Å². The zero-order valence-electron chi connectivity index (χ0n) is 15.6. The van der Waals surface area contributed by atoms with Gasteiger partial charge in [0.2, 0.25) is 10.0 Å². The first-order chi connectivity index (χ1) is 13.2. The average Bonchev–Trinajstić information content (AvgIpc) is 2.66. The Balaban J connectivity index is 2.14. The summed E-state index contributed by atoms with van der Waals surface area (Å²) in [6.45, 7) is 7.85. The summed E-state index contributed by atoms with van der Waals surface area (Å²) in [6, 6.07) is 9.65. The second kappa shape index (κ2) is 8.77. The predicted molar refractivity (Wildman–Crippen MR) is 106 cm³/mol. The first-order valence-electron chi connectivity index (χ1n) is 8.58. The molecule has 9 heteroatoms. The molecule has 0 heterocycles. The van der Waals surface area contributed by atoms with Gasteiger partial charge in [0.1, 0.15) is 11.5 Å². The van der Waals surface area contributed by atoms with E-state index in [-0.39, 0.29) is 33.2 Å². The number of hydrogen-bond donors (Lipinski definition) is 4. The fourth-order valence-electron chi connectivity index (χ4n) is 2.56. The fourth-order valence-corrected chi connectivity index (χ4v) is 4.06. The van der Waals surface area contributed by atoms with E-state index in [2.05, 4.69) is 17.4 Å². The van der Waals surface area contributed by atoms with E-state index in [1.165, 1.54) is 40.7 Å². The van der Waals surface area contributed by atoms with Crippen LogP contribution in [0.1, 0.15) is 29.8 Å². The molecule has 8 nitrogen and oxygen atoms in total. The number of sulfonamides is 1. The van der Waals surface area contributed by atoms with Crippen molar-refractivity contribution >= 4 is 21.6 Å². The minimum atomic E-state index is -3.68. The lowest BCUT2D eigenvalue weighted by Gasteiger charge is -2.19. The van der Waals surface area contributed by atoms with Crippen LogP contribution in [0.3, 0.4) is 0 Å². The highest BCUT2D eigenvalue weighted by atomic mass is 32.2. The van der Waals surface area contributed by atoms with E-state index in [4.69, 9.17) is 0 Å². The Hall–Kier alpha value is -3.04. The van der Waals surface area contributed by atoms with Crippen molar-refractivity contribution in [3.8, 4) is 11.5 Å². The van der Waals surface area contributed by atoms with Crippen LogP contribution in [-0.2, 0) is 10.0 Å². The Morgan fingerprint density at radius 3 is 2.36 bits per heavy atom. The van der Waals surface area contributed by atoms with Crippen molar-refractivity contribution < 1.29 is 23.4 Å². The van der Waals surface area contributed by atoms with Crippen LogP contribution in [0.2, 0.25) is 0 Å². The second-order valence-corrected chi connectivity index (χ2v) is 7.81. The molecule has 0 fully saturated rings. The van der Waals surface area contributed by atoms with Gasteiger partial charge in [0.15, 0.2) is 0 Å². The maximum Gasteiger partial charge on any atom is 0.269 e. The highest BCUT2D eigenvalue weighted by Gasteiger charge is 2.22. The molecule has 1 amide bonds. The van der Waals surface area contributed by atoms with Crippen LogP contribution >= 0.6 is 0 Å². The number of phenols is 2. The molecule has 0 atom stereocenters. The highest BCUT2D eigenvalue weighted by Crippen LogP contribution is 2.26. The molecule has 4 N–H and O–H groups in total. The smallest absolute Gasteiger partial charge is 0.269 e. The number of amides is 1. The molecule has 0 saturated heterocycles. The first kappa shape index (κ1) is 21.3. The number of hydrogen-bond acceptors (Lipinski definition) is 6. The first-order valence-corrected chi connectivity index (χ1v) is 10.0. The summed E-state index contributed by atoms with van der Waals surface area (Å²) in [5.74, 6) is -0.889. The summed E-state index contributed by atoms with van der Waals surface area (Å²) in [7, 11) is -3.68. The third-order valence-corrected chi connectivity index (χ3v) is 6.12. The molecule has 0 unspecified atom stereocenters. The third kappa shape index (κ3) is 4.62. The minimum absolute atomic E-state index is 0.0267. The number of rotatable bonds is 8. The highest BCUT2D eigenvalue weighted by molar-refractivity contribution is 7.89. The molecule has 0 spiro atoms. The van der Waals surface area contributed by atoms with Crippen molar-refractivity contribution in [1.82, 2.24) is 15.2 Å². The number of benzene rings is 2. The standard InChI is InChI=1S/C19H23N3O5S/c1-4-22(5-2)28(26,27)16-8-6-7-14(11-16)19(25)21-20-13(3)17-10-9-15(23)12-18(17)24/h6-12,20,23-24H,3-5H2,1-2H3,(H,21,25). The van der Waals surface area contributed by atoms with Crippen LogP contribution in [0.25, 0.3) is 5.70 Å². The van der Waals surface area contributed by atoms with Crippen LogP contribution < -0.4 is 10.9 Å². The topological polar surface area (TPSA) is 119 Å². The normalized spacial score (nSPS) is 11.2. The summed E-state index contributed by atoms with van der Waals surface area (Å²) in [4.78, 5) is 12.4. The molecule has 0 aromatic heterocycles. The SMILES string of the molecule is C=C(NNC(=O)c1cccc(S(=O)(=O)N(CC)CC)c1)c1ccc(O)cc1O. The van der Waals surface area contributed by atoms with Crippen molar-refractivity contribution in [2.45, 2.75) is 18.7 Å². The van der Waals surface area contributed by atoms with Crippen LogP contribution in [0.15, 0.2) is 53.9 Å². The van der Waals surface area contributed by atoms with Crippen molar-refractivity contribution in [3.63, 3.8) is 0 Å². The van der Waals surface area contributed by atoms with Gasteiger partial charge in [-0.25, -0.2) is 8.42 Å². The average molecular weight is 405 g/mol. The zero-order chi connectivity index (χ0) is 20.9. The molecule has 0 aliphatic carbocycles. The summed E-state index contributed by atoms with van der Waals surface area (Å²) in [5.41, 5.74) is 5.59. The fraction of sp³-hybridized carbons (Fsp3) is 0.211. The zero-order valence-corrected chi connectivity index (χ0v) is 16.5. The van der Waals surface area contributed by atoms with Gasteiger partial charge in [0.25, 0.3) is 5.91 Å². The van der Waals surface area contributed by atoms with Crippen molar-refractivity contribution in [2.24, 2.45) is 0 Å². The van der Waals surface area contributed by atoms with Gasteiger partial charge in [0, 0.05) is 30.3 Å². The number of nitrogens with zero attached hydrogens (tertiary/aromatic N) is 1. The van der Waals surface area contributed by atoms with Gasteiger partial charge < -0.3 is 10.2 Å². The molecular formula is C19H23N3O5S. The summed E-state index contributed by atoms with van der Waals surface area (Å²) < 4.78 is 26.5. The van der Waals surface area contributed by atoms with E-state index < -0.39 is 15.9 Å². The van der Waals surface area contributed by atoms with Gasteiger partial charge >= 0.3 is 0 Å². The number of nitrogens with one attached hydrogen (secondary N) is 2. The van der Waals surface area contributed by atoms with Crippen LogP contribution in [0.5, 0.6) is 11.5 Å². The van der Waals surface area contributed by atoms with Gasteiger partial charge in [-0.1, -0.05) is 26.5 Å². The summed E-state index contributed by atoms with van der Waals surface area (Å²) in [5, 5.41) is 19.1. The lowest BCUT2D eigenvalue weighted by Crippen LogP contribution is -2.36. The second-order valence-electron chi connectivity index (χ2n) is 5.88. The van der Waals surface area contributed by atoms with E-state index in [9.17, 15) is 23.4 Å². The lowest BCUT2D eigenvalue weighted by molar-refractivity contribution is 0.0942. The van der Waals surface area contributed by atoms with Gasteiger partial charge in [-0.15, -0.1) is 0 Å². The Kier molecular flexibility index (Phi) is 6.66. The number of aromatic hydroxyl groups is 2. The molecule has 2 rings (SSSR count). The molecule has 2 aromatic carbocycles. The molecule has 0 aliphatic heterocycles. The molecule has 2 aromatic rings. The van der Waals surface area contributed by atoms with E-state index in [0.717, 1.165) is 6.07 Å². The quantitative estimate of drug-likeness (QED) is 0.499. The Morgan fingerprint density at radius 2 is 1.75 bits per heavy atom. The van der Waals surface area contributed by atoms with Crippen molar-refractivity contribution in [3.05, 3.63) is 60.2 Å². The number of carbonyl (C=O) groups is 1. The molecule has 0 saturated carbocycles. The predicted octanol–water partition coefficient (Wildman–Crippen LogP) is 2.03. The molecule has 0 bridgehead atoms. The third-order valence-electron chi connectivity index (χ3n) is 4.07. The number of hydrazine groups is 1. The maximum atomic E-state index is 12.6. The summed E-state index contributed by atoms with van der Waals surface area (Å²) >= 11 is 0. The number of carbonyl (C=O) groups excluding carboxylic acids is 1. The molecular weight excluding hydrogens is 382 g/mol. The van der Waals surface area contributed by atoms with Crippen LogP contribution in [0.4, 0.5) is 0 Å². The molecule has 28 heavy (non-hydrogen) atoms. The molecule has 0 aliphatic rings. The van der Waals surface area contributed by atoms with Crippen LogP contribution in [-0.4, -0.2) is 41.9 Å². The molecule has 150 valence electrons. The van der Waals surface area contributed by atoms with Crippen molar-refractivity contribution in [1.29, 1.82) is 0 Å². The monoisotopic (exact) mass is 405 g/mol. The van der Waals surface area contributed by atoms with E-state index in [0.29, 0.717) is 13.1 Å². The Morgan fingerprint density at radius 1 is 1.07 bits per heavy atom. The van der Waals surface area contributed by atoms with Gasteiger partial charge in [-0.3, -0.25) is 15.6 Å². The van der Waals surface area contributed by atoms with E-state index in [1.807, 2.05) is 0 Å². The van der Waals surface area contributed by atoms with Gasteiger partial charge in [-0.05, 0) is 30.3 Å². The van der Waals surface area contributed by atoms with E-state index >= 15 is 0 Å². The van der Waals surface area contributed by atoms with E-state index in [1.54, 1.807) is 13.8 Å². The maximum absolute atomic E-state index is 12.6. The largest absolute Gasteiger partial charge is 0.508 e. The Labute approximate surface area is 164 Å². The lowest BCUT2D eigenvalue weighted by atomic mass is 10.1. The molecule has 0 radical (unpaired) electrons. The number of phenolic OH excluding ortho intramolecular Hbond substituents is 2.